The van der Waals surface area contributed by atoms with Crippen LogP contribution >= 0.6 is 0 Å². The van der Waals surface area contributed by atoms with E-state index in [4.69, 9.17) is 9.47 Å². The van der Waals surface area contributed by atoms with Crippen LogP contribution in [0.15, 0.2) is 42.5 Å². The molecule has 0 bridgehead atoms. The van der Waals surface area contributed by atoms with Crippen molar-refractivity contribution in [2.75, 3.05) is 68.8 Å². The highest BCUT2D eigenvalue weighted by Crippen LogP contribution is 2.35. The molecule has 2 fully saturated rings. The number of aryl methyl sites for hydroxylation is 1. The Hall–Kier alpha value is -3.42. The molecule has 0 N–H and O–H groups in total. The number of amides is 3. The molecule has 0 atom stereocenters. The van der Waals surface area contributed by atoms with Crippen molar-refractivity contribution < 1.29 is 19.1 Å². The first kappa shape index (κ1) is 20.5. The summed E-state index contributed by atoms with van der Waals surface area (Å²) >= 11 is 0. The molecule has 0 aromatic heterocycles. The van der Waals surface area contributed by atoms with Crippen molar-refractivity contribution in [1.82, 2.24) is 9.80 Å². The van der Waals surface area contributed by atoms with Crippen molar-refractivity contribution in [1.29, 1.82) is 0 Å². The molecule has 3 amide bonds. The van der Waals surface area contributed by atoms with Gasteiger partial charge in [-0.05, 0) is 36.8 Å². The second kappa shape index (κ2) is 8.61. The van der Waals surface area contributed by atoms with Gasteiger partial charge in [-0.25, -0.2) is 4.79 Å². The Kier molecular flexibility index (Phi) is 5.51. The molecule has 0 aliphatic carbocycles. The predicted molar refractivity (Wildman–Crippen MR) is 122 cm³/mol. The van der Waals surface area contributed by atoms with Gasteiger partial charge in [-0.1, -0.05) is 12.1 Å². The number of rotatable bonds is 4. The maximum Gasteiger partial charge on any atom is 0.325 e. The smallest absolute Gasteiger partial charge is 0.325 e. The summed E-state index contributed by atoms with van der Waals surface area (Å²) in [5, 5.41) is 0. The Labute approximate surface area is 187 Å². The van der Waals surface area contributed by atoms with E-state index >= 15 is 0 Å². The van der Waals surface area contributed by atoms with E-state index in [1.54, 1.807) is 9.80 Å². The molecule has 0 spiro atoms. The number of hydrogen-bond acceptors (Lipinski definition) is 5. The molecule has 8 heteroatoms. The van der Waals surface area contributed by atoms with E-state index in [9.17, 15) is 9.59 Å². The number of nitrogens with zero attached hydrogens (tertiary/aromatic N) is 4. The molecule has 2 aromatic rings. The Morgan fingerprint density at radius 3 is 2.44 bits per heavy atom. The predicted octanol–water partition coefficient (Wildman–Crippen LogP) is 2.36. The highest BCUT2D eigenvalue weighted by Gasteiger charge is 2.33. The first-order valence-electron chi connectivity index (χ1n) is 11.1. The summed E-state index contributed by atoms with van der Waals surface area (Å²) < 4.78 is 11.2. The molecular weight excluding hydrogens is 408 g/mol. The van der Waals surface area contributed by atoms with E-state index in [1.165, 1.54) is 11.3 Å². The molecule has 8 nitrogen and oxygen atoms in total. The first-order valence-corrected chi connectivity index (χ1v) is 11.1. The first-order chi connectivity index (χ1) is 15.6. The fourth-order valence-corrected chi connectivity index (χ4v) is 4.47. The molecule has 2 saturated heterocycles. The molecule has 32 heavy (non-hydrogen) atoms. The summed E-state index contributed by atoms with van der Waals surface area (Å²) in [6, 6.07) is 13.8. The van der Waals surface area contributed by atoms with Crippen molar-refractivity contribution in [3.05, 3.63) is 48.0 Å². The Morgan fingerprint density at radius 1 is 0.875 bits per heavy atom. The maximum atomic E-state index is 13.0. The minimum Gasteiger partial charge on any atom is -0.486 e. The number of benzene rings is 2. The zero-order valence-corrected chi connectivity index (χ0v) is 18.3. The number of hydrogen-bond donors (Lipinski definition) is 0. The lowest BCUT2D eigenvalue weighted by Crippen LogP contribution is -2.51. The van der Waals surface area contributed by atoms with Crippen LogP contribution in [0.3, 0.4) is 0 Å². The lowest BCUT2D eigenvalue weighted by molar-refractivity contribution is -0.131. The number of carbonyl (C=O) groups excluding carboxylic acids is 2. The third kappa shape index (κ3) is 4.04. The van der Waals surface area contributed by atoms with Crippen LogP contribution in [0.5, 0.6) is 11.5 Å². The molecule has 3 aliphatic rings. The Balaban J connectivity index is 1.17. The zero-order chi connectivity index (χ0) is 22.1. The molecular formula is C24H28N4O4. The van der Waals surface area contributed by atoms with E-state index in [2.05, 4.69) is 36.1 Å². The van der Waals surface area contributed by atoms with Gasteiger partial charge in [0.15, 0.2) is 11.5 Å². The number of urea groups is 1. The van der Waals surface area contributed by atoms with Crippen LogP contribution in [0.4, 0.5) is 16.2 Å². The molecule has 3 aliphatic heterocycles. The minimum atomic E-state index is -0.145. The van der Waals surface area contributed by atoms with Crippen LogP contribution in [-0.2, 0) is 4.79 Å². The topological polar surface area (TPSA) is 65.6 Å². The van der Waals surface area contributed by atoms with Crippen LogP contribution in [0, 0.1) is 6.92 Å². The van der Waals surface area contributed by atoms with Crippen molar-refractivity contribution in [3.63, 3.8) is 0 Å². The van der Waals surface area contributed by atoms with E-state index in [1.807, 2.05) is 23.1 Å². The second-order valence-electron chi connectivity index (χ2n) is 8.39. The van der Waals surface area contributed by atoms with Gasteiger partial charge in [0.05, 0.1) is 0 Å². The molecule has 168 valence electrons. The van der Waals surface area contributed by atoms with E-state index in [-0.39, 0.29) is 18.5 Å². The van der Waals surface area contributed by atoms with Gasteiger partial charge in [0.2, 0.25) is 5.91 Å². The summed E-state index contributed by atoms with van der Waals surface area (Å²) in [5.74, 6) is 1.36. The molecule has 0 saturated carbocycles. The minimum absolute atomic E-state index is 0.00580. The average molecular weight is 437 g/mol. The average Bonchev–Trinajstić information content (AvgIpc) is 3.18. The van der Waals surface area contributed by atoms with Gasteiger partial charge in [0.25, 0.3) is 0 Å². The van der Waals surface area contributed by atoms with Crippen molar-refractivity contribution >= 4 is 23.3 Å². The number of anilines is 2. The van der Waals surface area contributed by atoms with E-state index in [0.717, 1.165) is 18.8 Å². The van der Waals surface area contributed by atoms with Gasteiger partial charge >= 0.3 is 6.03 Å². The summed E-state index contributed by atoms with van der Waals surface area (Å²) in [5.41, 5.74) is 3.19. The van der Waals surface area contributed by atoms with Crippen LogP contribution < -0.4 is 19.3 Å². The van der Waals surface area contributed by atoms with Gasteiger partial charge < -0.3 is 24.2 Å². The molecule has 0 unspecified atom stereocenters. The molecule has 3 heterocycles. The Morgan fingerprint density at radius 2 is 1.66 bits per heavy atom. The van der Waals surface area contributed by atoms with Crippen molar-refractivity contribution in [3.8, 4) is 11.5 Å². The van der Waals surface area contributed by atoms with Crippen LogP contribution in [0.25, 0.3) is 0 Å². The van der Waals surface area contributed by atoms with Gasteiger partial charge in [0.1, 0.15) is 19.8 Å². The largest absolute Gasteiger partial charge is 0.486 e. The summed E-state index contributed by atoms with van der Waals surface area (Å²) in [4.78, 5) is 33.4. The number of ether oxygens (including phenoxy) is 2. The quantitative estimate of drug-likeness (QED) is 0.736. The van der Waals surface area contributed by atoms with Gasteiger partial charge in [-0.15, -0.1) is 0 Å². The fourth-order valence-electron chi connectivity index (χ4n) is 4.47. The number of carbonyl (C=O) groups is 2. The lowest BCUT2D eigenvalue weighted by Gasteiger charge is -2.36. The second-order valence-corrected chi connectivity index (χ2v) is 8.39. The molecule has 0 radical (unpaired) electrons. The fraction of sp³-hybridized carbons (Fsp3) is 0.417. The van der Waals surface area contributed by atoms with Gasteiger partial charge in [-0.2, -0.15) is 0 Å². The number of fused-ring (bicyclic) bond motifs is 1. The maximum absolute atomic E-state index is 13.0. The third-order valence-corrected chi connectivity index (χ3v) is 6.26. The van der Waals surface area contributed by atoms with E-state index < -0.39 is 0 Å². The monoisotopic (exact) mass is 436 g/mol. The van der Waals surface area contributed by atoms with Crippen LogP contribution in [-0.4, -0.2) is 80.8 Å². The summed E-state index contributed by atoms with van der Waals surface area (Å²) in [6.07, 6.45) is 0. The molecule has 5 rings (SSSR count). The zero-order valence-electron chi connectivity index (χ0n) is 18.3. The van der Waals surface area contributed by atoms with Crippen LogP contribution in [0.1, 0.15) is 5.56 Å². The standard InChI is InChI=1S/C24H28N4O4/c1-18-3-2-4-19(15-18)25-7-9-26(10-8-25)23(29)17-27-11-12-28(24(27)30)20-5-6-21-22(16-20)32-14-13-31-21/h2-6,15-16H,7-14,17H2,1H3. The van der Waals surface area contributed by atoms with Crippen molar-refractivity contribution in [2.45, 2.75) is 6.92 Å². The SMILES string of the molecule is Cc1cccc(N2CCN(C(=O)CN3CCN(c4ccc5c(c4)OCCO5)C3=O)CC2)c1. The highest BCUT2D eigenvalue weighted by atomic mass is 16.6. The Bertz CT molecular complexity index is 1020. The van der Waals surface area contributed by atoms with Crippen molar-refractivity contribution in [2.24, 2.45) is 0 Å². The normalized spacial score (nSPS) is 18.3. The van der Waals surface area contributed by atoms with E-state index in [0.29, 0.717) is 50.9 Å². The summed E-state index contributed by atoms with van der Waals surface area (Å²) in [7, 11) is 0. The van der Waals surface area contributed by atoms with Gasteiger partial charge in [-0.3, -0.25) is 9.69 Å². The lowest BCUT2D eigenvalue weighted by atomic mass is 10.2. The molecule has 2 aromatic carbocycles. The van der Waals surface area contributed by atoms with Crippen LogP contribution in [0.2, 0.25) is 0 Å². The highest BCUT2D eigenvalue weighted by molar-refractivity contribution is 5.96. The van der Waals surface area contributed by atoms with Gasteiger partial charge in [0, 0.05) is 56.7 Å². The third-order valence-electron chi connectivity index (χ3n) is 6.26. The number of piperazine rings is 1. The summed E-state index contributed by atoms with van der Waals surface area (Å²) in [6.45, 7) is 7.25.